The van der Waals surface area contributed by atoms with E-state index in [0.29, 0.717) is 11.6 Å². The summed E-state index contributed by atoms with van der Waals surface area (Å²) in [6.07, 6.45) is 0.941. The van der Waals surface area contributed by atoms with Crippen LogP contribution in [0.3, 0.4) is 0 Å². The van der Waals surface area contributed by atoms with E-state index in [1.165, 1.54) is 10.4 Å². The van der Waals surface area contributed by atoms with Gasteiger partial charge in [0.05, 0.1) is 5.39 Å². The van der Waals surface area contributed by atoms with Gasteiger partial charge in [0.1, 0.15) is 4.83 Å². The minimum Gasteiger partial charge on any atom is -0.441 e. The van der Waals surface area contributed by atoms with Gasteiger partial charge in [-0.15, -0.1) is 11.3 Å². The average Bonchev–Trinajstić information content (AvgIpc) is 3.01. The summed E-state index contributed by atoms with van der Waals surface area (Å²) in [4.78, 5) is 21.7. The third-order valence-corrected chi connectivity index (χ3v) is 5.78. The maximum atomic E-state index is 12.3. The molecule has 0 fully saturated rings. The summed E-state index contributed by atoms with van der Waals surface area (Å²) in [5.74, 6) is 2.95. The SMILES string of the molecule is O=c1[nH]c(-c2ccc(Cl)o2)nc2sc3c(c12)CCSC3. The molecule has 0 saturated heterocycles. The molecule has 0 atom stereocenters. The number of hydrogen-bond acceptors (Lipinski definition) is 5. The lowest BCUT2D eigenvalue weighted by Gasteiger charge is -2.09. The Balaban J connectivity index is 1.97. The molecule has 0 radical (unpaired) electrons. The van der Waals surface area contributed by atoms with E-state index in [1.807, 2.05) is 11.8 Å². The first-order valence-corrected chi connectivity index (χ1v) is 8.45. The zero-order valence-electron chi connectivity index (χ0n) is 10.2. The zero-order valence-corrected chi connectivity index (χ0v) is 12.6. The fraction of sp³-hybridized carbons (Fsp3) is 0.231. The van der Waals surface area contributed by atoms with Gasteiger partial charge in [-0.2, -0.15) is 11.8 Å². The maximum Gasteiger partial charge on any atom is 0.260 e. The number of furan rings is 1. The van der Waals surface area contributed by atoms with Crippen LogP contribution >= 0.6 is 34.7 Å². The Morgan fingerprint density at radius 1 is 1.40 bits per heavy atom. The molecule has 1 aliphatic heterocycles. The van der Waals surface area contributed by atoms with Gasteiger partial charge < -0.3 is 9.40 Å². The first-order chi connectivity index (χ1) is 9.72. The number of nitrogens with zero attached hydrogens (tertiary/aromatic N) is 1. The molecule has 0 spiro atoms. The Bertz CT molecular complexity index is 865. The van der Waals surface area contributed by atoms with E-state index >= 15 is 0 Å². The van der Waals surface area contributed by atoms with Gasteiger partial charge >= 0.3 is 0 Å². The summed E-state index contributed by atoms with van der Waals surface area (Å²) >= 11 is 9.26. The van der Waals surface area contributed by atoms with Crippen molar-refractivity contribution < 1.29 is 4.42 Å². The number of hydrogen-bond donors (Lipinski definition) is 1. The summed E-state index contributed by atoms with van der Waals surface area (Å²) in [7, 11) is 0. The van der Waals surface area contributed by atoms with Gasteiger partial charge in [0, 0.05) is 10.6 Å². The number of fused-ring (bicyclic) bond motifs is 3. The Labute approximate surface area is 127 Å². The van der Waals surface area contributed by atoms with Gasteiger partial charge in [0.25, 0.3) is 5.56 Å². The summed E-state index contributed by atoms with van der Waals surface area (Å²) in [6.45, 7) is 0. The molecule has 20 heavy (non-hydrogen) atoms. The summed E-state index contributed by atoms with van der Waals surface area (Å²) < 4.78 is 5.31. The van der Waals surface area contributed by atoms with E-state index in [9.17, 15) is 4.79 Å². The van der Waals surface area contributed by atoms with E-state index in [1.54, 1.807) is 23.5 Å². The van der Waals surface area contributed by atoms with Crippen LogP contribution in [-0.2, 0) is 12.2 Å². The lowest BCUT2D eigenvalue weighted by atomic mass is 10.1. The van der Waals surface area contributed by atoms with Crippen molar-refractivity contribution in [2.75, 3.05) is 5.75 Å². The first kappa shape index (κ1) is 12.5. The Morgan fingerprint density at radius 2 is 2.30 bits per heavy atom. The normalized spacial score (nSPS) is 14.7. The lowest BCUT2D eigenvalue weighted by Crippen LogP contribution is -2.11. The van der Waals surface area contributed by atoms with Crippen molar-refractivity contribution in [3.63, 3.8) is 0 Å². The van der Waals surface area contributed by atoms with Crippen LogP contribution in [0.1, 0.15) is 10.4 Å². The molecule has 1 N–H and O–H groups in total. The highest BCUT2D eigenvalue weighted by Gasteiger charge is 2.20. The standard InChI is InChI=1S/C13H9ClN2O2S2/c14-9-2-1-7(18-9)11-15-12(17)10-6-3-4-19-5-8(6)20-13(10)16-11/h1-2H,3-5H2,(H,15,16,17). The highest BCUT2D eigenvalue weighted by molar-refractivity contribution is 7.98. The van der Waals surface area contributed by atoms with Gasteiger partial charge in [-0.1, -0.05) is 0 Å². The molecular formula is C13H9ClN2O2S2. The van der Waals surface area contributed by atoms with E-state index in [-0.39, 0.29) is 10.8 Å². The molecule has 4 nitrogen and oxygen atoms in total. The third-order valence-electron chi connectivity index (χ3n) is 3.28. The summed E-state index contributed by atoms with van der Waals surface area (Å²) in [5, 5.41) is 1.02. The quantitative estimate of drug-likeness (QED) is 0.741. The second-order valence-corrected chi connectivity index (χ2v) is 7.07. The highest BCUT2D eigenvalue weighted by atomic mass is 35.5. The summed E-state index contributed by atoms with van der Waals surface area (Å²) in [5.41, 5.74) is 1.07. The molecule has 102 valence electrons. The Hall–Kier alpha value is -1.24. The largest absolute Gasteiger partial charge is 0.441 e. The van der Waals surface area contributed by atoms with E-state index in [2.05, 4.69) is 9.97 Å². The van der Waals surface area contributed by atoms with Crippen LogP contribution in [-0.4, -0.2) is 15.7 Å². The molecule has 3 aromatic heterocycles. The number of thiophene rings is 1. The highest BCUT2D eigenvalue weighted by Crippen LogP contribution is 2.36. The van der Waals surface area contributed by atoms with E-state index in [4.69, 9.17) is 16.0 Å². The molecule has 3 aromatic rings. The maximum absolute atomic E-state index is 12.3. The molecule has 0 amide bonds. The number of aromatic nitrogens is 2. The first-order valence-electron chi connectivity index (χ1n) is 6.10. The molecule has 0 bridgehead atoms. The molecule has 4 heterocycles. The van der Waals surface area contributed by atoms with Gasteiger partial charge in [0.2, 0.25) is 0 Å². The molecule has 1 aliphatic rings. The number of thioether (sulfide) groups is 1. The monoisotopic (exact) mass is 324 g/mol. The molecule has 4 rings (SSSR count). The summed E-state index contributed by atoms with van der Waals surface area (Å²) in [6, 6.07) is 3.34. The number of H-pyrrole nitrogens is 1. The number of aromatic amines is 1. The van der Waals surface area contributed by atoms with Crippen LogP contribution < -0.4 is 5.56 Å². The van der Waals surface area contributed by atoms with Crippen molar-refractivity contribution in [2.24, 2.45) is 0 Å². The van der Waals surface area contributed by atoms with E-state index < -0.39 is 0 Å². The van der Waals surface area contributed by atoms with Crippen LogP contribution in [0.4, 0.5) is 0 Å². The molecule has 0 aliphatic carbocycles. The van der Waals surface area contributed by atoms with Gasteiger partial charge in [-0.3, -0.25) is 4.79 Å². The fourth-order valence-electron chi connectivity index (χ4n) is 2.39. The predicted molar refractivity (Wildman–Crippen MR) is 82.8 cm³/mol. The van der Waals surface area contributed by atoms with Crippen molar-refractivity contribution in [1.29, 1.82) is 0 Å². The van der Waals surface area contributed by atoms with Crippen molar-refractivity contribution in [1.82, 2.24) is 9.97 Å². The zero-order chi connectivity index (χ0) is 13.7. The van der Waals surface area contributed by atoms with Crippen molar-refractivity contribution in [3.8, 4) is 11.6 Å². The molecule has 7 heteroatoms. The minimum absolute atomic E-state index is 0.0954. The number of halogens is 1. The lowest BCUT2D eigenvalue weighted by molar-refractivity contribution is 0.579. The Morgan fingerprint density at radius 3 is 3.10 bits per heavy atom. The average molecular weight is 325 g/mol. The number of aryl methyl sites for hydroxylation is 1. The van der Waals surface area contributed by atoms with Gasteiger partial charge in [-0.25, -0.2) is 4.98 Å². The predicted octanol–water partition coefficient (Wildman–Crippen LogP) is 3.69. The fourth-order valence-corrected chi connectivity index (χ4v) is 4.89. The van der Waals surface area contributed by atoms with Crippen LogP contribution in [0.2, 0.25) is 5.22 Å². The van der Waals surface area contributed by atoms with Crippen molar-refractivity contribution in [2.45, 2.75) is 12.2 Å². The molecular weight excluding hydrogens is 316 g/mol. The van der Waals surface area contributed by atoms with E-state index in [0.717, 1.165) is 28.1 Å². The number of nitrogens with one attached hydrogen (secondary N) is 1. The second kappa shape index (κ2) is 4.65. The smallest absolute Gasteiger partial charge is 0.260 e. The number of rotatable bonds is 1. The van der Waals surface area contributed by atoms with Crippen molar-refractivity contribution in [3.05, 3.63) is 38.1 Å². The molecule has 0 unspecified atom stereocenters. The third kappa shape index (κ3) is 1.90. The minimum atomic E-state index is -0.0954. The van der Waals surface area contributed by atoms with Crippen LogP contribution in [0.25, 0.3) is 21.8 Å². The topological polar surface area (TPSA) is 58.9 Å². The van der Waals surface area contributed by atoms with Gasteiger partial charge in [-0.05, 0) is 41.5 Å². The molecule has 0 aromatic carbocycles. The second-order valence-electron chi connectivity index (χ2n) is 4.50. The van der Waals surface area contributed by atoms with Crippen LogP contribution in [0.15, 0.2) is 21.3 Å². The molecule has 0 saturated carbocycles. The van der Waals surface area contributed by atoms with Crippen LogP contribution in [0.5, 0.6) is 0 Å². The Kier molecular flexibility index (Phi) is 2.90. The van der Waals surface area contributed by atoms with Gasteiger partial charge in [0.15, 0.2) is 16.8 Å². The van der Waals surface area contributed by atoms with Crippen molar-refractivity contribution >= 4 is 44.9 Å². The van der Waals surface area contributed by atoms with Crippen LogP contribution in [0, 0.1) is 0 Å².